The summed E-state index contributed by atoms with van der Waals surface area (Å²) in [6, 6.07) is 19.3. The van der Waals surface area contributed by atoms with Gasteiger partial charge in [0.2, 0.25) is 0 Å². The number of hydrogen-bond donors (Lipinski definition) is 1. The standard InChI is InChI=1S/C19H23NO/c1-2-4-16(5-3-1)6-7-17-8-10-18(11-9-17)21-19-12-14-20-15-13-19/h1-5,8-11,19-20H,6-7,12-15H2. The lowest BCUT2D eigenvalue weighted by molar-refractivity contribution is 0.162. The summed E-state index contributed by atoms with van der Waals surface area (Å²) in [6.07, 6.45) is 4.76. The molecule has 2 heteroatoms. The van der Waals surface area contributed by atoms with E-state index >= 15 is 0 Å². The van der Waals surface area contributed by atoms with Crippen molar-refractivity contribution in [1.82, 2.24) is 5.32 Å². The predicted octanol–water partition coefficient (Wildman–Crippen LogP) is 3.60. The quantitative estimate of drug-likeness (QED) is 0.904. The number of hydrogen-bond acceptors (Lipinski definition) is 2. The van der Waals surface area contributed by atoms with E-state index in [4.69, 9.17) is 4.74 Å². The Balaban J connectivity index is 1.51. The smallest absolute Gasteiger partial charge is 0.119 e. The first-order valence-electron chi connectivity index (χ1n) is 7.90. The second-order valence-corrected chi connectivity index (χ2v) is 5.70. The number of rotatable bonds is 5. The van der Waals surface area contributed by atoms with Crippen LogP contribution in [0, 0.1) is 0 Å². The summed E-state index contributed by atoms with van der Waals surface area (Å²) >= 11 is 0. The maximum Gasteiger partial charge on any atom is 0.119 e. The number of aryl methyl sites for hydroxylation is 2. The Hall–Kier alpha value is -1.80. The Morgan fingerprint density at radius 3 is 2.10 bits per heavy atom. The molecular weight excluding hydrogens is 258 g/mol. The van der Waals surface area contributed by atoms with Crippen LogP contribution >= 0.6 is 0 Å². The van der Waals surface area contributed by atoms with Crippen molar-refractivity contribution in [2.45, 2.75) is 31.8 Å². The van der Waals surface area contributed by atoms with Gasteiger partial charge in [0.15, 0.2) is 0 Å². The molecule has 0 bridgehead atoms. The summed E-state index contributed by atoms with van der Waals surface area (Å²) < 4.78 is 6.03. The van der Waals surface area contributed by atoms with Gasteiger partial charge in [-0.3, -0.25) is 0 Å². The van der Waals surface area contributed by atoms with Crippen molar-refractivity contribution in [3.8, 4) is 5.75 Å². The molecule has 1 N–H and O–H groups in total. The Kier molecular flexibility index (Phi) is 4.90. The van der Waals surface area contributed by atoms with E-state index in [2.05, 4.69) is 59.9 Å². The molecule has 110 valence electrons. The third kappa shape index (κ3) is 4.33. The molecule has 21 heavy (non-hydrogen) atoms. The zero-order valence-electron chi connectivity index (χ0n) is 12.4. The van der Waals surface area contributed by atoms with E-state index in [1.807, 2.05) is 0 Å². The van der Waals surface area contributed by atoms with Crippen LogP contribution in [-0.2, 0) is 12.8 Å². The molecule has 1 heterocycles. The van der Waals surface area contributed by atoms with Gasteiger partial charge in [0.1, 0.15) is 11.9 Å². The molecule has 0 atom stereocenters. The highest BCUT2D eigenvalue weighted by molar-refractivity contribution is 5.28. The van der Waals surface area contributed by atoms with Crippen LogP contribution in [0.2, 0.25) is 0 Å². The van der Waals surface area contributed by atoms with Crippen LogP contribution < -0.4 is 10.1 Å². The summed E-state index contributed by atoms with van der Waals surface area (Å²) in [6.45, 7) is 2.14. The second-order valence-electron chi connectivity index (χ2n) is 5.70. The Morgan fingerprint density at radius 1 is 0.810 bits per heavy atom. The van der Waals surface area contributed by atoms with Crippen molar-refractivity contribution in [3.05, 3.63) is 65.7 Å². The van der Waals surface area contributed by atoms with Gasteiger partial charge in [-0.05, 0) is 62.0 Å². The number of piperidine rings is 1. The van der Waals surface area contributed by atoms with Crippen LogP contribution in [0.15, 0.2) is 54.6 Å². The molecule has 0 amide bonds. The fourth-order valence-corrected chi connectivity index (χ4v) is 2.77. The van der Waals surface area contributed by atoms with Crippen LogP contribution in [0.5, 0.6) is 5.75 Å². The van der Waals surface area contributed by atoms with Crippen molar-refractivity contribution in [1.29, 1.82) is 0 Å². The number of nitrogens with one attached hydrogen (secondary N) is 1. The molecule has 1 saturated heterocycles. The van der Waals surface area contributed by atoms with E-state index in [0.717, 1.165) is 44.5 Å². The van der Waals surface area contributed by atoms with Crippen molar-refractivity contribution >= 4 is 0 Å². The van der Waals surface area contributed by atoms with Gasteiger partial charge in [0.25, 0.3) is 0 Å². The highest BCUT2D eigenvalue weighted by atomic mass is 16.5. The molecule has 1 aliphatic heterocycles. The van der Waals surface area contributed by atoms with Crippen molar-refractivity contribution in [2.75, 3.05) is 13.1 Å². The number of ether oxygens (including phenoxy) is 1. The van der Waals surface area contributed by atoms with Crippen molar-refractivity contribution in [3.63, 3.8) is 0 Å². The maximum atomic E-state index is 6.03. The molecule has 1 aliphatic rings. The highest BCUT2D eigenvalue weighted by Gasteiger charge is 2.14. The molecule has 3 rings (SSSR count). The molecule has 2 aromatic carbocycles. The van der Waals surface area contributed by atoms with E-state index in [1.165, 1.54) is 11.1 Å². The molecule has 0 spiro atoms. The van der Waals surface area contributed by atoms with Gasteiger partial charge < -0.3 is 10.1 Å². The monoisotopic (exact) mass is 281 g/mol. The summed E-state index contributed by atoms with van der Waals surface area (Å²) in [4.78, 5) is 0. The highest BCUT2D eigenvalue weighted by Crippen LogP contribution is 2.18. The number of benzene rings is 2. The first kappa shape index (κ1) is 14.2. The van der Waals surface area contributed by atoms with E-state index in [-0.39, 0.29) is 0 Å². The van der Waals surface area contributed by atoms with Crippen LogP contribution in [0.3, 0.4) is 0 Å². The lowest BCUT2D eigenvalue weighted by atomic mass is 10.0. The summed E-state index contributed by atoms with van der Waals surface area (Å²) in [5.41, 5.74) is 2.77. The molecule has 0 saturated carbocycles. The minimum Gasteiger partial charge on any atom is -0.490 e. The molecule has 0 aromatic heterocycles. The van der Waals surface area contributed by atoms with Crippen molar-refractivity contribution in [2.24, 2.45) is 0 Å². The molecule has 2 nitrogen and oxygen atoms in total. The summed E-state index contributed by atoms with van der Waals surface area (Å²) in [7, 11) is 0. The average Bonchev–Trinajstić information content (AvgIpc) is 2.56. The topological polar surface area (TPSA) is 21.3 Å². The molecular formula is C19H23NO. The first-order valence-corrected chi connectivity index (χ1v) is 7.90. The van der Waals surface area contributed by atoms with Crippen molar-refractivity contribution < 1.29 is 4.74 Å². The largest absolute Gasteiger partial charge is 0.490 e. The van der Waals surface area contributed by atoms with Gasteiger partial charge in [0, 0.05) is 0 Å². The lowest BCUT2D eigenvalue weighted by Crippen LogP contribution is -2.34. The van der Waals surface area contributed by atoms with Gasteiger partial charge >= 0.3 is 0 Å². The van der Waals surface area contributed by atoms with Crippen LogP contribution in [0.4, 0.5) is 0 Å². The predicted molar refractivity (Wildman–Crippen MR) is 86.8 cm³/mol. The summed E-state index contributed by atoms with van der Waals surface area (Å²) in [5.74, 6) is 1.00. The zero-order valence-corrected chi connectivity index (χ0v) is 12.4. The SMILES string of the molecule is c1ccc(CCc2ccc(OC3CCNCC3)cc2)cc1. The van der Waals surface area contributed by atoms with Crippen LogP contribution in [-0.4, -0.2) is 19.2 Å². The molecule has 0 aliphatic carbocycles. The van der Waals surface area contributed by atoms with Gasteiger partial charge in [-0.2, -0.15) is 0 Å². The van der Waals surface area contributed by atoms with E-state index in [1.54, 1.807) is 0 Å². The van der Waals surface area contributed by atoms with Gasteiger partial charge in [0.05, 0.1) is 0 Å². The fourth-order valence-electron chi connectivity index (χ4n) is 2.77. The Labute approximate surface area is 127 Å². The first-order chi connectivity index (χ1) is 10.4. The minimum atomic E-state index is 0.376. The molecule has 2 aromatic rings. The third-order valence-electron chi connectivity index (χ3n) is 4.06. The average molecular weight is 281 g/mol. The fraction of sp³-hybridized carbons (Fsp3) is 0.368. The maximum absolute atomic E-state index is 6.03. The van der Waals surface area contributed by atoms with E-state index in [9.17, 15) is 0 Å². The minimum absolute atomic E-state index is 0.376. The third-order valence-corrected chi connectivity index (χ3v) is 4.06. The summed E-state index contributed by atoms with van der Waals surface area (Å²) in [5, 5.41) is 3.36. The molecule has 1 fully saturated rings. The van der Waals surface area contributed by atoms with E-state index in [0.29, 0.717) is 6.10 Å². The van der Waals surface area contributed by atoms with Gasteiger partial charge in [-0.25, -0.2) is 0 Å². The normalized spacial score (nSPS) is 15.8. The lowest BCUT2D eigenvalue weighted by Gasteiger charge is -2.23. The van der Waals surface area contributed by atoms with Crippen LogP contribution in [0.25, 0.3) is 0 Å². The Morgan fingerprint density at radius 2 is 1.43 bits per heavy atom. The zero-order chi connectivity index (χ0) is 14.3. The molecule has 0 radical (unpaired) electrons. The Bertz CT molecular complexity index is 529. The van der Waals surface area contributed by atoms with E-state index < -0.39 is 0 Å². The van der Waals surface area contributed by atoms with Gasteiger partial charge in [-0.1, -0.05) is 42.5 Å². The second kappa shape index (κ2) is 7.28. The van der Waals surface area contributed by atoms with Crippen LogP contribution in [0.1, 0.15) is 24.0 Å². The molecule has 0 unspecified atom stereocenters. The van der Waals surface area contributed by atoms with Gasteiger partial charge in [-0.15, -0.1) is 0 Å².